The third kappa shape index (κ3) is 2.51. The Bertz CT molecular complexity index is 988. The highest BCUT2D eigenvalue weighted by Crippen LogP contribution is 2.20. The van der Waals surface area contributed by atoms with E-state index in [4.69, 9.17) is 11.6 Å². The molecular weight excluding hydrogens is 318 g/mol. The van der Waals surface area contributed by atoms with Crippen molar-refractivity contribution < 1.29 is 9.90 Å². The van der Waals surface area contributed by atoms with Gasteiger partial charge in [-0.25, -0.2) is 14.3 Å². The van der Waals surface area contributed by atoms with Crippen molar-refractivity contribution in [2.45, 2.75) is 20.3 Å². The van der Waals surface area contributed by atoms with E-state index in [1.165, 1.54) is 4.52 Å². The van der Waals surface area contributed by atoms with Gasteiger partial charge in [0.25, 0.3) is 5.56 Å². The van der Waals surface area contributed by atoms with Gasteiger partial charge in [0.2, 0.25) is 0 Å². The number of aromatic nitrogens is 3. The number of rotatable bonds is 3. The van der Waals surface area contributed by atoms with Gasteiger partial charge in [0.05, 0.1) is 0 Å². The number of carboxylic acids is 1. The predicted molar refractivity (Wildman–Crippen MR) is 86.5 cm³/mol. The minimum absolute atomic E-state index is 0.00879. The molecular formula is C16H14ClN3O3. The fourth-order valence-corrected chi connectivity index (χ4v) is 2.82. The third-order valence-electron chi connectivity index (χ3n) is 3.80. The second kappa shape index (κ2) is 5.55. The van der Waals surface area contributed by atoms with E-state index in [1.54, 1.807) is 19.9 Å². The molecule has 0 aliphatic rings. The van der Waals surface area contributed by atoms with Crippen molar-refractivity contribution in [1.82, 2.24) is 14.6 Å². The Morgan fingerprint density at radius 1 is 1.35 bits per heavy atom. The Kier molecular flexibility index (Phi) is 3.69. The van der Waals surface area contributed by atoms with Gasteiger partial charge in [0, 0.05) is 28.4 Å². The van der Waals surface area contributed by atoms with Gasteiger partial charge in [-0.05, 0) is 25.5 Å². The second-order valence-corrected chi connectivity index (χ2v) is 5.73. The summed E-state index contributed by atoms with van der Waals surface area (Å²) >= 11 is 6.15. The first kappa shape index (κ1) is 15.3. The van der Waals surface area contributed by atoms with Crippen LogP contribution < -0.4 is 5.56 Å². The molecule has 0 fully saturated rings. The highest BCUT2D eigenvalue weighted by molar-refractivity contribution is 6.31. The number of benzene rings is 1. The molecule has 0 unspecified atom stereocenters. The number of hydrogen-bond donors (Lipinski definition) is 2. The lowest BCUT2D eigenvalue weighted by Crippen LogP contribution is -2.22. The summed E-state index contributed by atoms with van der Waals surface area (Å²) in [5.74, 6) is -1.12. The SMILES string of the molecule is Cc1nc2c(C(=O)O)c(C)[nH]n2c(=O)c1Cc1ccccc1Cl. The summed E-state index contributed by atoms with van der Waals surface area (Å²) in [6.07, 6.45) is 0.334. The van der Waals surface area contributed by atoms with Crippen LogP contribution in [0.25, 0.3) is 5.65 Å². The lowest BCUT2D eigenvalue weighted by Gasteiger charge is -2.07. The quantitative estimate of drug-likeness (QED) is 0.772. The maximum absolute atomic E-state index is 12.7. The molecule has 6 nitrogen and oxygen atoms in total. The number of halogens is 1. The van der Waals surface area contributed by atoms with Crippen LogP contribution in [-0.4, -0.2) is 25.7 Å². The number of aromatic amines is 1. The van der Waals surface area contributed by atoms with E-state index in [2.05, 4.69) is 10.1 Å². The van der Waals surface area contributed by atoms with E-state index >= 15 is 0 Å². The molecule has 0 atom stereocenters. The Morgan fingerprint density at radius 3 is 2.70 bits per heavy atom. The average molecular weight is 332 g/mol. The van der Waals surface area contributed by atoms with Crippen molar-refractivity contribution in [3.8, 4) is 0 Å². The first-order chi connectivity index (χ1) is 10.9. The summed E-state index contributed by atoms with van der Waals surface area (Å²) < 4.78 is 1.18. The molecule has 23 heavy (non-hydrogen) atoms. The molecule has 0 saturated heterocycles. The predicted octanol–water partition coefficient (Wildman–Crippen LogP) is 2.58. The maximum Gasteiger partial charge on any atom is 0.341 e. The van der Waals surface area contributed by atoms with E-state index < -0.39 is 5.97 Å². The monoisotopic (exact) mass is 331 g/mol. The first-order valence-electron chi connectivity index (χ1n) is 6.97. The summed E-state index contributed by atoms with van der Waals surface area (Å²) in [5.41, 5.74) is 2.00. The highest BCUT2D eigenvalue weighted by Gasteiger charge is 2.20. The molecule has 7 heteroatoms. The summed E-state index contributed by atoms with van der Waals surface area (Å²) in [6, 6.07) is 7.28. The zero-order valence-corrected chi connectivity index (χ0v) is 13.3. The van der Waals surface area contributed by atoms with Crippen molar-refractivity contribution in [3.63, 3.8) is 0 Å². The van der Waals surface area contributed by atoms with Gasteiger partial charge < -0.3 is 5.11 Å². The molecule has 0 amide bonds. The number of hydrogen-bond acceptors (Lipinski definition) is 3. The standard InChI is InChI=1S/C16H14ClN3O3/c1-8-11(7-10-5-3-4-6-12(10)17)15(21)20-14(18-8)13(16(22)23)9(2)19-20/h3-6,19H,7H2,1-2H3,(H,22,23). The smallest absolute Gasteiger partial charge is 0.341 e. The lowest BCUT2D eigenvalue weighted by molar-refractivity contribution is 0.0698. The fourth-order valence-electron chi connectivity index (χ4n) is 2.62. The Labute approximate surface area is 136 Å². The highest BCUT2D eigenvalue weighted by atomic mass is 35.5. The Balaban J connectivity index is 2.22. The van der Waals surface area contributed by atoms with Gasteiger partial charge in [-0.3, -0.25) is 9.89 Å². The Morgan fingerprint density at radius 2 is 2.04 bits per heavy atom. The van der Waals surface area contributed by atoms with Crippen molar-refractivity contribution >= 4 is 23.2 Å². The number of nitrogens with one attached hydrogen (secondary N) is 1. The zero-order chi connectivity index (χ0) is 16.7. The molecule has 1 aromatic carbocycles. The topological polar surface area (TPSA) is 87.5 Å². The van der Waals surface area contributed by atoms with Crippen LogP contribution in [0.5, 0.6) is 0 Å². The maximum atomic E-state index is 12.7. The molecule has 0 aliphatic carbocycles. The van der Waals surface area contributed by atoms with Crippen LogP contribution in [0.1, 0.15) is 32.9 Å². The van der Waals surface area contributed by atoms with Gasteiger partial charge >= 0.3 is 5.97 Å². The normalized spacial score (nSPS) is 11.1. The molecule has 0 radical (unpaired) electrons. The van der Waals surface area contributed by atoms with E-state index in [9.17, 15) is 14.7 Å². The minimum atomic E-state index is -1.12. The van der Waals surface area contributed by atoms with E-state index in [0.29, 0.717) is 28.4 Å². The molecule has 2 aromatic heterocycles. The van der Waals surface area contributed by atoms with Crippen LogP contribution in [-0.2, 0) is 6.42 Å². The largest absolute Gasteiger partial charge is 0.477 e. The number of aryl methyl sites for hydroxylation is 2. The zero-order valence-electron chi connectivity index (χ0n) is 12.6. The van der Waals surface area contributed by atoms with Crippen molar-refractivity contribution in [3.05, 3.63) is 67.7 Å². The summed E-state index contributed by atoms with van der Waals surface area (Å²) in [5, 5.41) is 12.6. The molecule has 0 bridgehead atoms. The number of carboxylic acid groups (broad SMARTS) is 1. The first-order valence-corrected chi connectivity index (χ1v) is 7.35. The number of H-pyrrole nitrogens is 1. The van der Waals surface area contributed by atoms with Crippen LogP contribution >= 0.6 is 11.6 Å². The van der Waals surface area contributed by atoms with Crippen LogP contribution in [0, 0.1) is 13.8 Å². The Hall–Kier alpha value is -2.60. The van der Waals surface area contributed by atoms with Gasteiger partial charge in [0.15, 0.2) is 5.65 Å². The van der Waals surface area contributed by atoms with Gasteiger partial charge in [-0.1, -0.05) is 29.8 Å². The van der Waals surface area contributed by atoms with Crippen molar-refractivity contribution in [1.29, 1.82) is 0 Å². The second-order valence-electron chi connectivity index (χ2n) is 5.33. The summed E-state index contributed by atoms with van der Waals surface area (Å²) in [7, 11) is 0. The molecule has 3 rings (SSSR count). The number of fused-ring (bicyclic) bond motifs is 1. The van der Waals surface area contributed by atoms with Crippen LogP contribution in [0.4, 0.5) is 0 Å². The summed E-state index contributed by atoms with van der Waals surface area (Å²) in [6.45, 7) is 3.29. The van der Waals surface area contributed by atoms with Crippen LogP contribution in [0.3, 0.4) is 0 Å². The summed E-state index contributed by atoms with van der Waals surface area (Å²) in [4.78, 5) is 28.4. The van der Waals surface area contributed by atoms with Crippen LogP contribution in [0.2, 0.25) is 5.02 Å². The van der Waals surface area contributed by atoms with Gasteiger partial charge in [-0.15, -0.1) is 0 Å². The molecule has 0 saturated carbocycles. The van der Waals surface area contributed by atoms with E-state index in [-0.39, 0.29) is 16.8 Å². The van der Waals surface area contributed by atoms with Gasteiger partial charge in [-0.2, -0.15) is 0 Å². The molecule has 118 valence electrons. The van der Waals surface area contributed by atoms with Gasteiger partial charge in [0.1, 0.15) is 5.56 Å². The molecule has 0 aliphatic heterocycles. The minimum Gasteiger partial charge on any atom is -0.477 e. The average Bonchev–Trinajstić information content (AvgIpc) is 2.81. The number of nitrogens with zero attached hydrogens (tertiary/aromatic N) is 2. The van der Waals surface area contributed by atoms with E-state index in [0.717, 1.165) is 5.56 Å². The molecule has 2 heterocycles. The van der Waals surface area contributed by atoms with Crippen molar-refractivity contribution in [2.24, 2.45) is 0 Å². The molecule has 0 spiro atoms. The lowest BCUT2D eigenvalue weighted by atomic mass is 10.0. The number of carbonyl (C=O) groups is 1. The van der Waals surface area contributed by atoms with E-state index in [1.807, 2.05) is 18.2 Å². The van der Waals surface area contributed by atoms with Crippen molar-refractivity contribution in [2.75, 3.05) is 0 Å². The fraction of sp³-hybridized carbons (Fsp3) is 0.188. The number of aromatic carboxylic acids is 1. The molecule has 2 N–H and O–H groups in total. The van der Waals surface area contributed by atoms with Crippen LogP contribution in [0.15, 0.2) is 29.1 Å². The third-order valence-corrected chi connectivity index (χ3v) is 4.17. The molecule has 3 aromatic rings.